The molecule has 3 rings (SSSR count). The quantitative estimate of drug-likeness (QED) is 0.235. The van der Waals surface area contributed by atoms with Gasteiger partial charge in [0.1, 0.15) is 0 Å². The van der Waals surface area contributed by atoms with Gasteiger partial charge in [0.05, 0.1) is 26.3 Å². The predicted molar refractivity (Wildman–Crippen MR) is 132 cm³/mol. The monoisotopic (exact) mass is 421 g/mol. The Morgan fingerprint density at radius 3 is 1.67 bits per heavy atom. The SMILES string of the molecule is COC(=O)CCCCCCCc1ccccc1.c1ccc([PH2+]c2ccccc2)cc1. The molecule has 0 bridgehead atoms. The highest BCUT2D eigenvalue weighted by Crippen LogP contribution is 2.10. The van der Waals surface area contributed by atoms with Crippen LogP contribution >= 0.6 is 8.58 Å². The maximum absolute atomic E-state index is 10.9. The summed E-state index contributed by atoms with van der Waals surface area (Å²) in [7, 11) is 1.72. The number of aryl methyl sites for hydroxylation is 1. The van der Waals surface area contributed by atoms with Gasteiger partial charge in [0, 0.05) is 6.42 Å². The Morgan fingerprint density at radius 2 is 1.13 bits per heavy atom. The average molecular weight is 422 g/mol. The Bertz CT molecular complexity index is 767. The van der Waals surface area contributed by atoms with Gasteiger partial charge in [0.15, 0.2) is 0 Å². The number of methoxy groups -OCH3 is 1. The molecule has 0 heterocycles. The van der Waals surface area contributed by atoms with Crippen LogP contribution in [0.2, 0.25) is 0 Å². The second-order valence-corrected chi connectivity index (χ2v) is 8.92. The Balaban J connectivity index is 0.000000220. The number of unbranched alkanes of at least 4 members (excludes halogenated alkanes) is 4. The average Bonchev–Trinajstić information content (AvgIpc) is 2.81. The Hall–Kier alpha value is -2.44. The van der Waals surface area contributed by atoms with Crippen LogP contribution in [-0.4, -0.2) is 13.1 Å². The van der Waals surface area contributed by atoms with Gasteiger partial charge in [-0.1, -0.05) is 86.0 Å². The predicted octanol–water partition coefficient (Wildman–Crippen LogP) is 5.79. The minimum absolute atomic E-state index is 0.0886. The van der Waals surface area contributed by atoms with E-state index >= 15 is 0 Å². The summed E-state index contributed by atoms with van der Waals surface area (Å²) in [5.74, 6) is -0.0886. The standard InChI is InChI=1S/C15H22O2.C12H11P/c1-17-15(16)13-9-4-2-3-6-10-14-11-7-5-8-12-14;1-3-7-11(8-4-1)13-12-9-5-2-6-10-12/h5,7-8,11-12H,2-4,6,9-10,13H2,1H3;1-10,13H/p+1. The molecule has 2 nitrogen and oxygen atoms in total. The highest BCUT2D eigenvalue weighted by molar-refractivity contribution is 7.55. The molecule has 3 heteroatoms. The third-order valence-corrected chi connectivity index (χ3v) is 6.29. The number of hydrogen-bond acceptors (Lipinski definition) is 2. The topological polar surface area (TPSA) is 26.3 Å². The van der Waals surface area contributed by atoms with Gasteiger partial charge >= 0.3 is 5.97 Å². The first-order valence-electron chi connectivity index (χ1n) is 10.8. The van der Waals surface area contributed by atoms with Crippen LogP contribution < -0.4 is 10.6 Å². The number of carbonyl (C=O) groups is 1. The molecule has 0 fully saturated rings. The van der Waals surface area contributed by atoms with Gasteiger partial charge in [-0.2, -0.15) is 0 Å². The molecule has 3 aromatic rings. The number of carbonyl (C=O) groups excluding carboxylic acids is 1. The van der Waals surface area contributed by atoms with Gasteiger partial charge in [0.25, 0.3) is 0 Å². The third-order valence-electron chi connectivity index (χ3n) is 4.85. The molecule has 0 atom stereocenters. The fraction of sp³-hybridized carbons (Fsp3) is 0.296. The zero-order valence-corrected chi connectivity index (χ0v) is 19.2. The Labute approximate surface area is 183 Å². The molecule has 0 aromatic heterocycles. The van der Waals surface area contributed by atoms with Gasteiger partial charge in [-0.05, 0) is 49.1 Å². The molecule has 30 heavy (non-hydrogen) atoms. The van der Waals surface area contributed by atoms with Crippen molar-refractivity contribution < 1.29 is 9.53 Å². The second kappa shape index (κ2) is 15.4. The van der Waals surface area contributed by atoms with E-state index in [1.54, 1.807) is 0 Å². The summed E-state index contributed by atoms with van der Waals surface area (Å²) >= 11 is 0. The molecule has 0 aliphatic heterocycles. The van der Waals surface area contributed by atoms with E-state index in [2.05, 4.69) is 95.7 Å². The third kappa shape index (κ3) is 10.9. The van der Waals surface area contributed by atoms with Crippen molar-refractivity contribution in [1.29, 1.82) is 0 Å². The first kappa shape index (κ1) is 23.8. The van der Waals surface area contributed by atoms with E-state index in [4.69, 9.17) is 0 Å². The zero-order valence-electron chi connectivity index (χ0n) is 18.0. The van der Waals surface area contributed by atoms with Crippen molar-refractivity contribution >= 4 is 25.2 Å². The van der Waals surface area contributed by atoms with Crippen molar-refractivity contribution in [3.63, 3.8) is 0 Å². The van der Waals surface area contributed by atoms with Gasteiger partial charge in [-0.3, -0.25) is 4.79 Å². The van der Waals surface area contributed by atoms with E-state index in [0.29, 0.717) is 6.42 Å². The lowest BCUT2D eigenvalue weighted by Crippen LogP contribution is -2.01. The lowest BCUT2D eigenvalue weighted by molar-refractivity contribution is -0.140. The molecule has 0 radical (unpaired) electrons. The molecular weight excluding hydrogens is 387 g/mol. The summed E-state index contributed by atoms with van der Waals surface area (Å²) in [6.45, 7) is 0. The van der Waals surface area contributed by atoms with Gasteiger partial charge < -0.3 is 4.74 Å². The number of esters is 1. The highest BCUT2D eigenvalue weighted by atomic mass is 31.1. The van der Waals surface area contributed by atoms with Crippen molar-refractivity contribution in [2.75, 3.05) is 7.11 Å². The van der Waals surface area contributed by atoms with Gasteiger partial charge in [-0.25, -0.2) is 0 Å². The maximum atomic E-state index is 10.9. The van der Waals surface area contributed by atoms with Crippen LogP contribution in [0.5, 0.6) is 0 Å². The smallest absolute Gasteiger partial charge is 0.305 e. The van der Waals surface area contributed by atoms with Gasteiger partial charge in [-0.15, -0.1) is 0 Å². The van der Waals surface area contributed by atoms with E-state index in [0.717, 1.165) is 19.3 Å². The fourth-order valence-corrected chi connectivity index (χ4v) is 4.38. The first-order chi connectivity index (χ1) is 14.8. The van der Waals surface area contributed by atoms with Crippen LogP contribution in [0.1, 0.15) is 44.1 Å². The Kier molecular flexibility index (Phi) is 12.2. The van der Waals surface area contributed by atoms with Crippen LogP contribution in [0, 0.1) is 0 Å². The number of hydrogen-bond donors (Lipinski definition) is 0. The molecule has 0 saturated heterocycles. The minimum atomic E-state index is -0.0886. The van der Waals surface area contributed by atoms with Crippen LogP contribution in [0.3, 0.4) is 0 Å². The molecule has 158 valence electrons. The maximum Gasteiger partial charge on any atom is 0.305 e. The van der Waals surface area contributed by atoms with Crippen molar-refractivity contribution in [3.05, 3.63) is 96.6 Å². The molecule has 0 spiro atoms. The lowest BCUT2D eigenvalue weighted by Gasteiger charge is -2.02. The number of ether oxygens (including phenoxy) is 1. The summed E-state index contributed by atoms with van der Waals surface area (Å²) in [5.41, 5.74) is 1.42. The summed E-state index contributed by atoms with van der Waals surface area (Å²) in [6.07, 6.45) is 7.51. The molecule has 0 aliphatic rings. The van der Waals surface area contributed by atoms with E-state index in [9.17, 15) is 4.79 Å². The molecule has 3 aromatic carbocycles. The lowest BCUT2D eigenvalue weighted by atomic mass is 10.1. The molecule has 0 N–H and O–H groups in total. The van der Waals surface area contributed by atoms with Gasteiger partial charge in [0.2, 0.25) is 0 Å². The van der Waals surface area contributed by atoms with Crippen molar-refractivity contribution in [3.8, 4) is 0 Å². The highest BCUT2D eigenvalue weighted by Gasteiger charge is 2.01. The Morgan fingerprint density at radius 1 is 0.667 bits per heavy atom. The van der Waals surface area contributed by atoms with E-state index in [1.165, 1.54) is 42.5 Å². The van der Waals surface area contributed by atoms with Crippen molar-refractivity contribution in [2.24, 2.45) is 0 Å². The van der Waals surface area contributed by atoms with Crippen LogP contribution in [-0.2, 0) is 16.0 Å². The summed E-state index contributed by atoms with van der Waals surface area (Å²) in [6, 6.07) is 31.9. The van der Waals surface area contributed by atoms with Crippen molar-refractivity contribution in [1.82, 2.24) is 0 Å². The van der Waals surface area contributed by atoms with E-state index in [-0.39, 0.29) is 14.6 Å². The fourth-order valence-electron chi connectivity index (χ4n) is 3.17. The molecular formula is C27H34O2P+. The number of benzene rings is 3. The molecule has 0 aliphatic carbocycles. The van der Waals surface area contributed by atoms with E-state index < -0.39 is 0 Å². The van der Waals surface area contributed by atoms with Crippen molar-refractivity contribution in [2.45, 2.75) is 44.9 Å². The largest absolute Gasteiger partial charge is 0.469 e. The normalized spacial score (nSPS) is 10.0. The second-order valence-electron chi connectivity index (χ2n) is 7.30. The van der Waals surface area contributed by atoms with Crippen LogP contribution in [0.15, 0.2) is 91.0 Å². The zero-order chi connectivity index (χ0) is 21.3. The summed E-state index contributed by atoms with van der Waals surface area (Å²) in [4.78, 5) is 10.9. The molecule has 0 saturated carbocycles. The molecule has 0 unspecified atom stereocenters. The van der Waals surface area contributed by atoms with Crippen LogP contribution in [0.25, 0.3) is 0 Å². The minimum Gasteiger partial charge on any atom is -0.469 e. The molecule has 0 amide bonds. The number of rotatable bonds is 10. The van der Waals surface area contributed by atoms with E-state index in [1.807, 2.05) is 0 Å². The summed E-state index contributed by atoms with van der Waals surface area (Å²) < 4.78 is 4.60. The van der Waals surface area contributed by atoms with Crippen LogP contribution in [0.4, 0.5) is 0 Å². The summed E-state index contributed by atoms with van der Waals surface area (Å²) in [5, 5.41) is 2.90. The first-order valence-corrected chi connectivity index (χ1v) is 12.0.